The third-order valence-corrected chi connectivity index (χ3v) is 3.82. The van der Waals surface area contributed by atoms with Crippen molar-refractivity contribution in [2.45, 2.75) is 26.3 Å². The molecule has 0 radical (unpaired) electrons. The van der Waals surface area contributed by atoms with E-state index >= 15 is 0 Å². The molecule has 2 aromatic heterocycles. The summed E-state index contributed by atoms with van der Waals surface area (Å²) in [5.74, 6) is 0.602. The Labute approximate surface area is 104 Å². The predicted molar refractivity (Wildman–Crippen MR) is 67.4 cm³/mol. The van der Waals surface area contributed by atoms with Gasteiger partial charge in [-0.05, 0) is 25.8 Å². The van der Waals surface area contributed by atoms with E-state index in [9.17, 15) is 4.79 Å². The molecule has 0 bridgehead atoms. The zero-order valence-corrected chi connectivity index (χ0v) is 10.5. The molecule has 1 saturated carbocycles. The van der Waals surface area contributed by atoms with Crippen molar-refractivity contribution in [1.29, 1.82) is 0 Å². The maximum absolute atomic E-state index is 11.8. The van der Waals surface area contributed by atoms with Crippen LogP contribution in [-0.4, -0.2) is 15.3 Å². The summed E-state index contributed by atoms with van der Waals surface area (Å²) in [6.07, 6.45) is 6.03. The smallest absolute Gasteiger partial charge is 0.167 e. The lowest BCUT2D eigenvalue weighted by molar-refractivity contribution is 0.0967. The standard InChI is InChI=1S/C13H14N2OS/c1-9-14-12(8-17-9)7-15-5-4-11(6-15)13(16)10-2-3-10/h4-6,8,10H,2-3,7H2,1H3. The van der Waals surface area contributed by atoms with Crippen molar-refractivity contribution < 1.29 is 4.79 Å². The first kappa shape index (κ1) is 10.7. The second-order valence-corrected chi connectivity index (χ2v) is 5.63. The van der Waals surface area contributed by atoms with Crippen molar-refractivity contribution in [2.75, 3.05) is 0 Å². The molecule has 0 N–H and O–H groups in total. The average molecular weight is 246 g/mol. The molecule has 3 nitrogen and oxygen atoms in total. The van der Waals surface area contributed by atoms with E-state index in [2.05, 4.69) is 10.4 Å². The third-order valence-electron chi connectivity index (χ3n) is 2.99. The monoisotopic (exact) mass is 246 g/mol. The van der Waals surface area contributed by atoms with Gasteiger partial charge in [0.15, 0.2) is 5.78 Å². The Bertz CT molecular complexity index is 551. The number of rotatable bonds is 4. The van der Waals surface area contributed by atoms with Gasteiger partial charge >= 0.3 is 0 Å². The van der Waals surface area contributed by atoms with E-state index in [1.165, 1.54) is 0 Å². The quantitative estimate of drug-likeness (QED) is 0.777. The van der Waals surface area contributed by atoms with Crippen LogP contribution < -0.4 is 0 Å². The highest BCUT2D eigenvalue weighted by molar-refractivity contribution is 7.09. The van der Waals surface area contributed by atoms with Gasteiger partial charge in [-0.1, -0.05) is 0 Å². The molecule has 0 aliphatic heterocycles. The fourth-order valence-electron chi connectivity index (χ4n) is 1.93. The lowest BCUT2D eigenvalue weighted by Gasteiger charge is -1.98. The van der Waals surface area contributed by atoms with Gasteiger partial charge in [0.1, 0.15) is 0 Å². The van der Waals surface area contributed by atoms with Crippen molar-refractivity contribution >= 4 is 17.1 Å². The second-order valence-electron chi connectivity index (χ2n) is 4.57. The first-order chi connectivity index (χ1) is 8.22. The molecule has 88 valence electrons. The number of hydrogen-bond acceptors (Lipinski definition) is 3. The Morgan fingerprint density at radius 3 is 3.06 bits per heavy atom. The van der Waals surface area contributed by atoms with Crippen molar-refractivity contribution in [2.24, 2.45) is 5.92 Å². The Morgan fingerprint density at radius 2 is 2.41 bits per heavy atom. The van der Waals surface area contributed by atoms with Gasteiger partial charge in [0, 0.05) is 29.3 Å². The number of Topliss-reactive ketones (excluding diaryl/α,β-unsaturated/α-hetero) is 1. The minimum absolute atomic E-state index is 0.298. The second kappa shape index (κ2) is 4.11. The Hall–Kier alpha value is -1.42. The summed E-state index contributed by atoms with van der Waals surface area (Å²) < 4.78 is 2.03. The molecule has 1 aliphatic carbocycles. The Balaban J connectivity index is 1.73. The van der Waals surface area contributed by atoms with Crippen LogP contribution in [0.3, 0.4) is 0 Å². The van der Waals surface area contributed by atoms with Crippen LogP contribution >= 0.6 is 11.3 Å². The fourth-order valence-corrected chi connectivity index (χ4v) is 2.54. The molecule has 2 heterocycles. The van der Waals surface area contributed by atoms with E-state index in [-0.39, 0.29) is 0 Å². The molecule has 0 spiro atoms. The lowest BCUT2D eigenvalue weighted by Crippen LogP contribution is -2.01. The van der Waals surface area contributed by atoms with E-state index in [0.717, 1.165) is 35.7 Å². The van der Waals surface area contributed by atoms with Crippen LogP contribution in [0.1, 0.15) is 33.9 Å². The van der Waals surface area contributed by atoms with Crippen LogP contribution in [0, 0.1) is 12.8 Å². The van der Waals surface area contributed by atoms with Gasteiger partial charge in [0.25, 0.3) is 0 Å². The van der Waals surface area contributed by atoms with Crippen LogP contribution in [-0.2, 0) is 6.54 Å². The predicted octanol–water partition coefficient (Wildman–Crippen LogP) is 2.89. The van der Waals surface area contributed by atoms with E-state index in [4.69, 9.17) is 0 Å². The molecule has 2 aromatic rings. The molecule has 3 rings (SSSR count). The fraction of sp³-hybridized carbons (Fsp3) is 0.385. The number of hydrogen-bond donors (Lipinski definition) is 0. The van der Waals surface area contributed by atoms with Gasteiger partial charge in [-0.25, -0.2) is 4.98 Å². The first-order valence-corrected chi connectivity index (χ1v) is 6.71. The lowest BCUT2D eigenvalue weighted by atomic mass is 10.1. The first-order valence-electron chi connectivity index (χ1n) is 5.83. The minimum Gasteiger partial charge on any atom is -0.348 e. The molecule has 0 atom stereocenters. The summed E-state index contributed by atoms with van der Waals surface area (Å²) in [6, 6.07) is 1.92. The summed E-state index contributed by atoms with van der Waals surface area (Å²) in [5.41, 5.74) is 1.91. The van der Waals surface area contributed by atoms with Crippen LogP contribution in [0.4, 0.5) is 0 Å². The third kappa shape index (κ3) is 2.31. The highest BCUT2D eigenvalue weighted by Gasteiger charge is 2.30. The molecular weight excluding hydrogens is 232 g/mol. The van der Waals surface area contributed by atoms with Crippen LogP contribution in [0.2, 0.25) is 0 Å². The molecule has 0 unspecified atom stereocenters. The summed E-state index contributed by atoms with van der Waals surface area (Å²) in [6.45, 7) is 2.76. The number of ketones is 1. The van der Waals surface area contributed by atoms with E-state index < -0.39 is 0 Å². The minimum atomic E-state index is 0.298. The van der Waals surface area contributed by atoms with Gasteiger partial charge < -0.3 is 4.57 Å². The van der Waals surface area contributed by atoms with E-state index in [1.807, 2.05) is 30.0 Å². The molecular formula is C13H14N2OS. The Morgan fingerprint density at radius 1 is 1.59 bits per heavy atom. The van der Waals surface area contributed by atoms with Gasteiger partial charge in [-0.15, -0.1) is 11.3 Å². The average Bonchev–Trinajstić information content (AvgIpc) is 2.93. The zero-order chi connectivity index (χ0) is 11.8. The summed E-state index contributed by atoms with van der Waals surface area (Å²) >= 11 is 1.66. The van der Waals surface area contributed by atoms with Crippen LogP contribution in [0.15, 0.2) is 23.8 Å². The number of carbonyl (C=O) groups is 1. The highest BCUT2D eigenvalue weighted by Crippen LogP contribution is 2.32. The zero-order valence-electron chi connectivity index (χ0n) is 9.72. The maximum Gasteiger partial charge on any atom is 0.167 e. The van der Waals surface area contributed by atoms with Gasteiger partial charge in [0.2, 0.25) is 0 Å². The summed E-state index contributed by atoms with van der Waals surface area (Å²) in [7, 11) is 0. The molecule has 0 saturated heterocycles. The SMILES string of the molecule is Cc1nc(Cn2ccc(C(=O)C3CC3)c2)cs1. The summed E-state index contributed by atoms with van der Waals surface area (Å²) in [4.78, 5) is 16.3. The highest BCUT2D eigenvalue weighted by atomic mass is 32.1. The van der Waals surface area contributed by atoms with E-state index in [0.29, 0.717) is 11.7 Å². The number of aromatic nitrogens is 2. The molecule has 1 aliphatic rings. The van der Waals surface area contributed by atoms with Gasteiger partial charge in [-0.3, -0.25) is 4.79 Å². The normalized spacial score (nSPS) is 15.1. The number of nitrogens with zero attached hydrogens (tertiary/aromatic N) is 2. The van der Waals surface area contributed by atoms with Gasteiger partial charge in [0.05, 0.1) is 17.2 Å². The molecule has 0 aromatic carbocycles. The molecule has 17 heavy (non-hydrogen) atoms. The molecule has 4 heteroatoms. The number of carbonyl (C=O) groups excluding carboxylic acids is 1. The summed E-state index contributed by atoms with van der Waals surface area (Å²) in [5, 5.41) is 3.15. The largest absolute Gasteiger partial charge is 0.348 e. The molecule has 0 amide bonds. The maximum atomic E-state index is 11.8. The topological polar surface area (TPSA) is 34.9 Å². The van der Waals surface area contributed by atoms with Crippen molar-refractivity contribution in [3.05, 3.63) is 40.1 Å². The van der Waals surface area contributed by atoms with Crippen LogP contribution in [0.25, 0.3) is 0 Å². The number of aryl methyl sites for hydroxylation is 1. The van der Waals surface area contributed by atoms with Crippen molar-refractivity contribution in [3.63, 3.8) is 0 Å². The van der Waals surface area contributed by atoms with Crippen molar-refractivity contribution in [3.8, 4) is 0 Å². The molecule has 1 fully saturated rings. The van der Waals surface area contributed by atoms with E-state index in [1.54, 1.807) is 11.3 Å². The number of thiazole rings is 1. The Kier molecular flexibility index (Phi) is 2.59. The van der Waals surface area contributed by atoms with Crippen LogP contribution in [0.5, 0.6) is 0 Å². The van der Waals surface area contributed by atoms with Gasteiger partial charge in [-0.2, -0.15) is 0 Å². The van der Waals surface area contributed by atoms with Crippen molar-refractivity contribution in [1.82, 2.24) is 9.55 Å².